The van der Waals surface area contributed by atoms with Gasteiger partial charge in [0.2, 0.25) is 5.91 Å². The Bertz CT molecular complexity index is 1000. The minimum absolute atomic E-state index is 0.198. The van der Waals surface area contributed by atoms with Crippen LogP contribution >= 0.6 is 15.9 Å². The largest absolute Gasteiger partial charge is 0.348 e. The van der Waals surface area contributed by atoms with Gasteiger partial charge < -0.3 is 10.6 Å². The van der Waals surface area contributed by atoms with Crippen molar-refractivity contribution in [1.29, 1.82) is 0 Å². The van der Waals surface area contributed by atoms with E-state index in [0.717, 1.165) is 21.1 Å². The average Bonchev–Trinajstić information content (AvgIpc) is 2.59. The molecule has 2 aromatic carbocycles. The number of carbonyl (C=O) groups excluding carboxylic acids is 2. The third-order valence-electron chi connectivity index (χ3n) is 3.91. The summed E-state index contributed by atoms with van der Waals surface area (Å²) in [6.07, 6.45) is 0. The van der Waals surface area contributed by atoms with Crippen molar-refractivity contribution in [3.8, 4) is 0 Å². The number of aromatic nitrogens is 1. The Morgan fingerprint density at radius 1 is 1.12 bits per heavy atom. The number of hydrogen-bond acceptors (Lipinski definition) is 3. The van der Waals surface area contributed by atoms with Crippen LogP contribution in [0.4, 0.5) is 5.69 Å². The van der Waals surface area contributed by atoms with E-state index in [1.54, 1.807) is 12.1 Å². The van der Waals surface area contributed by atoms with Gasteiger partial charge in [-0.15, -0.1) is 0 Å². The third-order valence-corrected chi connectivity index (χ3v) is 4.68. The predicted molar refractivity (Wildman–Crippen MR) is 106 cm³/mol. The summed E-state index contributed by atoms with van der Waals surface area (Å²) < 4.78 is 0.939. The molecule has 0 saturated carbocycles. The average molecular weight is 412 g/mol. The topological polar surface area (TPSA) is 71.1 Å². The molecule has 6 heteroatoms. The molecule has 132 valence electrons. The molecule has 26 heavy (non-hydrogen) atoms. The summed E-state index contributed by atoms with van der Waals surface area (Å²) in [6.45, 7) is 3.71. The number of aryl methyl sites for hydroxylation is 1. The van der Waals surface area contributed by atoms with E-state index >= 15 is 0 Å². The maximum atomic E-state index is 12.8. The SMILES string of the molecule is CC(=O)Nc1cc(C(=O)NCc2ccccc2Br)c2ccc(C)nc2c1. The van der Waals surface area contributed by atoms with Crippen molar-refractivity contribution >= 4 is 44.3 Å². The van der Waals surface area contributed by atoms with E-state index in [2.05, 4.69) is 31.5 Å². The van der Waals surface area contributed by atoms with Gasteiger partial charge in [-0.05, 0) is 36.8 Å². The number of fused-ring (bicyclic) bond motifs is 1. The lowest BCUT2D eigenvalue weighted by atomic mass is 10.1. The number of nitrogens with one attached hydrogen (secondary N) is 2. The van der Waals surface area contributed by atoms with Crippen LogP contribution in [-0.2, 0) is 11.3 Å². The number of carbonyl (C=O) groups is 2. The molecule has 0 saturated heterocycles. The second-order valence-electron chi connectivity index (χ2n) is 6.00. The van der Waals surface area contributed by atoms with Gasteiger partial charge in [-0.25, -0.2) is 0 Å². The van der Waals surface area contributed by atoms with E-state index in [-0.39, 0.29) is 11.8 Å². The second-order valence-corrected chi connectivity index (χ2v) is 6.85. The lowest BCUT2D eigenvalue weighted by molar-refractivity contribution is -0.114. The number of nitrogens with zero attached hydrogens (tertiary/aromatic N) is 1. The number of benzene rings is 2. The van der Waals surface area contributed by atoms with Crippen molar-refractivity contribution < 1.29 is 9.59 Å². The van der Waals surface area contributed by atoms with Gasteiger partial charge in [0.05, 0.1) is 11.1 Å². The zero-order chi connectivity index (χ0) is 18.7. The molecule has 3 aromatic rings. The van der Waals surface area contributed by atoms with E-state index in [9.17, 15) is 9.59 Å². The number of pyridine rings is 1. The number of hydrogen-bond donors (Lipinski definition) is 2. The Morgan fingerprint density at radius 3 is 2.62 bits per heavy atom. The van der Waals surface area contributed by atoms with Gasteiger partial charge in [-0.1, -0.05) is 40.2 Å². The molecule has 0 aliphatic heterocycles. The van der Waals surface area contributed by atoms with Crippen LogP contribution in [0.15, 0.2) is 53.0 Å². The predicted octanol–water partition coefficient (Wildman–Crippen LogP) is 4.19. The zero-order valence-corrected chi connectivity index (χ0v) is 16.1. The summed E-state index contributed by atoms with van der Waals surface area (Å²) in [5.74, 6) is -0.416. The first-order valence-electron chi connectivity index (χ1n) is 8.14. The van der Waals surface area contributed by atoms with Crippen LogP contribution in [0.3, 0.4) is 0 Å². The van der Waals surface area contributed by atoms with Crippen molar-refractivity contribution in [2.24, 2.45) is 0 Å². The Hall–Kier alpha value is -2.73. The van der Waals surface area contributed by atoms with Crippen molar-refractivity contribution in [2.75, 3.05) is 5.32 Å². The molecule has 0 radical (unpaired) electrons. The van der Waals surface area contributed by atoms with Gasteiger partial charge in [-0.2, -0.15) is 0 Å². The van der Waals surface area contributed by atoms with Crippen molar-refractivity contribution in [1.82, 2.24) is 10.3 Å². The van der Waals surface area contributed by atoms with Crippen molar-refractivity contribution in [2.45, 2.75) is 20.4 Å². The zero-order valence-electron chi connectivity index (χ0n) is 14.5. The lowest BCUT2D eigenvalue weighted by Gasteiger charge is -2.12. The van der Waals surface area contributed by atoms with Gasteiger partial charge in [0.1, 0.15) is 0 Å². The molecule has 0 aliphatic rings. The molecule has 2 N–H and O–H groups in total. The summed E-state index contributed by atoms with van der Waals surface area (Å²) in [6, 6.07) is 14.9. The molecule has 0 aliphatic carbocycles. The van der Waals surface area contributed by atoms with Gasteiger partial charge in [0, 0.05) is 34.7 Å². The van der Waals surface area contributed by atoms with Crippen molar-refractivity contribution in [3.05, 3.63) is 69.8 Å². The van der Waals surface area contributed by atoms with Crippen LogP contribution in [0.25, 0.3) is 10.9 Å². The number of amides is 2. The standard InChI is InChI=1S/C20H18BrN3O2/c1-12-7-8-16-17(9-15(24-13(2)25)10-19(16)23-12)20(26)22-11-14-5-3-4-6-18(14)21/h3-10H,11H2,1-2H3,(H,22,26)(H,24,25). The first kappa shape index (κ1) is 18.1. The molecule has 1 aromatic heterocycles. The number of halogens is 1. The lowest BCUT2D eigenvalue weighted by Crippen LogP contribution is -2.23. The Morgan fingerprint density at radius 2 is 1.88 bits per heavy atom. The van der Waals surface area contributed by atoms with Gasteiger partial charge in [-0.3, -0.25) is 14.6 Å². The second kappa shape index (κ2) is 7.66. The molecular formula is C20H18BrN3O2. The molecule has 2 amide bonds. The van der Waals surface area contributed by atoms with E-state index in [1.807, 2.05) is 43.3 Å². The smallest absolute Gasteiger partial charge is 0.252 e. The molecule has 0 unspecified atom stereocenters. The Labute approximate surface area is 160 Å². The van der Waals surface area contributed by atoms with Crippen LogP contribution in [0, 0.1) is 6.92 Å². The number of anilines is 1. The van der Waals surface area contributed by atoms with E-state index in [1.165, 1.54) is 6.92 Å². The third kappa shape index (κ3) is 4.08. The highest BCUT2D eigenvalue weighted by molar-refractivity contribution is 9.10. The van der Waals surface area contributed by atoms with Crippen LogP contribution < -0.4 is 10.6 Å². The van der Waals surface area contributed by atoms with E-state index < -0.39 is 0 Å². The molecule has 1 heterocycles. The molecule has 5 nitrogen and oxygen atoms in total. The normalized spacial score (nSPS) is 10.6. The summed E-state index contributed by atoms with van der Waals surface area (Å²) in [5, 5.41) is 6.41. The molecule has 0 bridgehead atoms. The summed E-state index contributed by atoms with van der Waals surface area (Å²) in [7, 11) is 0. The summed E-state index contributed by atoms with van der Waals surface area (Å²) in [5.41, 5.74) is 3.52. The molecule has 0 spiro atoms. The highest BCUT2D eigenvalue weighted by Gasteiger charge is 2.14. The fourth-order valence-electron chi connectivity index (χ4n) is 2.71. The van der Waals surface area contributed by atoms with Gasteiger partial charge in [0.25, 0.3) is 5.91 Å². The quantitative estimate of drug-likeness (QED) is 0.675. The Balaban J connectivity index is 1.95. The number of rotatable bonds is 4. The molecule has 0 atom stereocenters. The summed E-state index contributed by atoms with van der Waals surface area (Å²) >= 11 is 3.48. The minimum atomic E-state index is -0.219. The van der Waals surface area contributed by atoms with Crippen LogP contribution in [0.5, 0.6) is 0 Å². The minimum Gasteiger partial charge on any atom is -0.348 e. The molecular weight excluding hydrogens is 394 g/mol. The first-order valence-corrected chi connectivity index (χ1v) is 8.94. The fraction of sp³-hybridized carbons (Fsp3) is 0.150. The van der Waals surface area contributed by atoms with E-state index in [4.69, 9.17) is 0 Å². The highest BCUT2D eigenvalue weighted by atomic mass is 79.9. The maximum Gasteiger partial charge on any atom is 0.252 e. The highest BCUT2D eigenvalue weighted by Crippen LogP contribution is 2.24. The monoisotopic (exact) mass is 411 g/mol. The molecule has 3 rings (SSSR count). The van der Waals surface area contributed by atoms with Crippen LogP contribution in [0.2, 0.25) is 0 Å². The van der Waals surface area contributed by atoms with Gasteiger partial charge >= 0.3 is 0 Å². The fourth-order valence-corrected chi connectivity index (χ4v) is 3.14. The van der Waals surface area contributed by atoms with Gasteiger partial charge in [0.15, 0.2) is 0 Å². The Kier molecular flexibility index (Phi) is 5.32. The van der Waals surface area contributed by atoms with E-state index in [0.29, 0.717) is 23.3 Å². The summed E-state index contributed by atoms with van der Waals surface area (Å²) in [4.78, 5) is 28.7. The van der Waals surface area contributed by atoms with Crippen molar-refractivity contribution in [3.63, 3.8) is 0 Å². The maximum absolute atomic E-state index is 12.8. The van der Waals surface area contributed by atoms with Crippen LogP contribution in [-0.4, -0.2) is 16.8 Å². The van der Waals surface area contributed by atoms with Crippen LogP contribution in [0.1, 0.15) is 28.5 Å². The molecule has 0 fully saturated rings. The first-order chi connectivity index (χ1) is 12.4.